The monoisotopic (exact) mass is 249 g/mol. The molecule has 0 bridgehead atoms. The summed E-state index contributed by atoms with van der Waals surface area (Å²) < 4.78 is 5.31. The summed E-state index contributed by atoms with van der Waals surface area (Å²) in [5.41, 5.74) is 1.11. The van der Waals surface area contributed by atoms with E-state index in [1.54, 1.807) is 6.26 Å². The first-order valence-electron chi connectivity index (χ1n) is 6.83. The van der Waals surface area contributed by atoms with Crippen molar-refractivity contribution in [3.8, 4) is 0 Å². The van der Waals surface area contributed by atoms with Gasteiger partial charge in [-0.1, -0.05) is 19.3 Å². The summed E-state index contributed by atoms with van der Waals surface area (Å²) in [7, 11) is 2.09. The zero-order chi connectivity index (χ0) is 13.0. The van der Waals surface area contributed by atoms with Crippen LogP contribution in [0.25, 0.3) is 0 Å². The van der Waals surface area contributed by atoms with Gasteiger partial charge in [0.05, 0.1) is 6.26 Å². The van der Waals surface area contributed by atoms with Gasteiger partial charge in [0.25, 0.3) is 0 Å². The second-order valence-electron chi connectivity index (χ2n) is 5.72. The summed E-state index contributed by atoms with van der Waals surface area (Å²) in [6.07, 6.45) is 8.69. The number of aryl methyl sites for hydroxylation is 1. The lowest BCUT2D eigenvalue weighted by atomic mass is 9.75. The van der Waals surface area contributed by atoms with Gasteiger partial charge in [-0.05, 0) is 32.9 Å². The molecule has 3 heteroatoms. The summed E-state index contributed by atoms with van der Waals surface area (Å²) in [5, 5.41) is 0. The first-order valence-corrected chi connectivity index (χ1v) is 6.83. The summed E-state index contributed by atoms with van der Waals surface area (Å²) in [6, 6.07) is 2.01. The molecule has 0 aromatic carbocycles. The molecule has 0 spiro atoms. The predicted molar refractivity (Wildman–Crippen MR) is 71.4 cm³/mol. The molecule has 2 rings (SSSR count). The Kier molecular flexibility index (Phi) is 4.23. The highest BCUT2D eigenvalue weighted by Crippen LogP contribution is 2.35. The van der Waals surface area contributed by atoms with Gasteiger partial charge in [0.1, 0.15) is 12.0 Å². The Morgan fingerprint density at radius 3 is 2.67 bits per heavy atom. The minimum atomic E-state index is -0.107. The van der Waals surface area contributed by atoms with Crippen LogP contribution in [0.3, 0.4) is 0 Å². The summed E-state index contributed by atoms with van der Waals surface area (Å²) in [4.78, 5) is 13.7. The average Bonchev–Trinajstić information content (AvgIpc) is 2.76. The third-order valence-electron chi connectivity index (χ3n) is 4.09. The number of aldehydes is 1. The second-order valence-corrected chi connectivity index (χ2v) is 5.72. The molecule has 1 aliphatic rings. The van der Waals surface area contributed by atoms with E-state index >= 15 is 0 Å². The molecular formula is C15H23NO2. The van der Waals surface area contributed by atoms with Gasteiger partial charge in [-0.2, -0.15) is 0 Å². The molecule has 0 aliphatic heterocycles. The fourth-order valence-corrected chi connectivity index (χ4v) is 3.03. The van der Waals surface area contributed by atoms with Crippen molar-refractivity contribution in [3.63, 3.8) is 0 Å². The molecule has 3 nitrogen and oxygen atoms in total. The first kappa shape index (κ1) is 13.3. The van der Waals surface area contributed by atoms with Crippen molar-refractivity contribution in [2.75, 3.05) is 13.6 Å². The van der Waals surface area contributed by atoms with Crippen LogP contribution < -0.4 is 0 Å². The van der Waals surface area contributed by atoms with Crippen molar-refractivity contribution in [2.45, 2.75) is 45.6 Å². The number of rotatable bonds is 5. The Labute approximate surface area is 109 Å². The third-order valence-corrected chi connectivity index (χ3v) is 4.09. The van der Waals surface area contributed by atoms with E-state index in [2.05, 4.69) is 11.9 Å². The van der Waals surface area contributed by atoms with Crippen molar-refractivity contribution in [3.05, 3.63) is 23.7 Å². The fourth-order valence-electron chi connectivity index (χ4n) is 3.03. The largest absolute Gasteiger partial charge is 0.469 e. The Bertz CT molecular complexity index is 391. The molecule has 0 amide bonds. The summed E-state index contributed by atoms with van der Waals surface area (Å²) in [5.74, 6) is 0.977. The number of carbonyl (C=O) groups excluding carboxylic acids is 1. The molecular weight excluding hydrogens is 226 g/mol. The topological polar surface area (TPSA) is 33.5 Å². The quantitative estimate of drug-likeness (QED) is 0.752. The lowest BCUT2D eigenvalue weighted by molar-refractivity contribution is -0.119. The van der Waals surface area contributed by atoms with Crippen molar-refractivity contribution in [1.82, 2.24) is 4.90 Å². The zero-order valence-electron chi connectivity index (χ0n) is 11.4. The van der Waals surface area contributed by atoms with E-state index < -0.39 is 0 Å². The molecule has 0 atom stereocenters. The number of hydrogen-bond donors (Lipinski definition) is 0. The number of nitrogens with zero attached hydrogens (tertiary/aromatic N) is 1. The smallest absolute Gasteiger partial charge is 0.127 e. The average molecular weight is 249 g/mol. The lowest BCUT2D eigenvalue weighted by Crippen LogP contribution is -2.38. The van der Waals surface area contributed by atoms with Gasteiger partial charge in [0, 0.05) is 24.1 Å². The van der Waals surface area contributed by atoms with Crippen molar-refractivity contribution >= 4 is 6.29 Å². The maximum absolute atomic E-state index is 11.4. The van der Waals surface area contributed by atoms with E-state index in [-0.39, 0.29) is 5.41 Å². The fraction of sp³-hybridized carbons (Fsp3) is 0.667. The molecule has 18 heavy (non-hydrogen) atoms. The maximum Gasteiger partial charge on any atom is 0.127 e. The molecule has 0 radical (unpaired) electrons. The Balaban J connectivity index is 1.95. The van der Waals surface area contributed by atoms with Crippen molar-refractivity contribution < 1.29 is 9.21 Å². The molecule has 0 N–H and O–H groups in total. The third kappa shape index (κ3) is 3.02. The number of carbonyl (C=O) groups is 1. The Morgan fingerprint density at radius 1 is 1.39 bits per heavy atom. The predicted octanol–water partition coefficient (Wildman–Crippen LogP) is 3.17. The standard InChI is InChI=1S/C15H23NO2/c1-13-14(6-9-18-13)10-16(2)11-15(12-17)7-4-3-5-8-15/h6,9,12H,3-5,7-8,10-11H2,1-2H3. The van der Waals surface area contributed by atoms with Crippen molar-refractivity contribution in [1.29, 1.82) is 0 Å². The van der Waals surface area contributed by atoms with Gasteiger partial charge in [-0.25, -0.2) is 0 Å². The molecule has 1 aromatic rings. The normalized spacial score (nSPS) is 19.1. The first-order chi connectivity index (χ1) is 8.65. The van der Waals surface area contributed by atoms with Gasteiger partial charge >= 0.3 is 0 Å². The highest BCUT2D eigenvalue weighted by atomic mass is 16.3. The Morgan fingerprint density at radius 2 is 2.11 bits per heavy atom. The lowest BCUT2D eigenvalue weighted by Gasteiger charge is -2.35. The minimum absolute atomic E-state index is 0.107. The van der Waals surface area contributed by atoms with E-state index in [1.807, 2.05) is 13.0 Å². The number of furan rings is 1. The van der Waals surface area contributed by atoms with Crippen LogP contribution in [0.1, 0.15) is 43.4 Å². The van der Waals surface area contributed by atoms with Gasteiger partial charge in [0.15, 0.2) is 0 Å². The maximum atomic E-state index is 11.4. The van der Waals surface area contributed by atoms with Crippen LogP contribution in [-0.2, 0) is 11.3 Å². The highest BCUT2D eigenvalue weighted by molar-refractivity contribution is 5.60. The number of hydrogen-bond acceptors (Lipinski definition) is 3. The second kappa shape index (κ2) is 5.70. The Hall–Kier alpha value is -1.09. The van der Waals surface area contributed by atoms with E-state index in [0.29, 0.717) is 0 Å². The van der Waals surface area contributed by atoms with Crippen LogP contribution in [0.2, 0.25) is 0 Å². The van der Waals surface area contributed by atoms with E-state index in [0.717, 1.165) is 31.7 Å². The zero-order valence-corrected chi connectivity index (χ0v) is 11.4. The molecule has 1 heterocycles. The summed E-state index contributed by atoms with van der Waals surface area (Å²) >= 11 is 0. The molecule has 1 fully saturated rings. The van der Waals surface area contributed by atoms with Crippen LogP contribution in [-0.4, -0.2) is 24.8 Å². The van der Waals surface area contributed by atoms with E-state index in [9.17, 15) is 4.79 Å². The van der Waals surface area contributed by atoms with Crippen LogP contribution in [0, 0.1) is 12.3 Å². The SMILES string of the molecule is Cc1occc1CN(C)CC1(C=O)CCCCC1. The van der Waals surface area contributed by atoms with Crippen LogP contribution in [0.4, 0.5) is 0 Å². The molecule has 100 valence electrons. The highest BCUT2D eigenvalue weighted by Gasteiger charge is 2.32. The molecule has 0 unspecified atom stereocenters. The van der Waals surface area contributed by atoms with Gasteiger partial charge < -0.3 is 14.1 Å². The van der Waals surface area contributed by atoms with Gasteiger partial charge in [-0.3, -0.25) is 0 Å². The molecule has 1 aliphatic carbocycles. The molecule has 1 saturated carbocycles. The van der Waals surface area contributed by atoms with Gasteiger partial charge in [0.2, 0.25) is 0 Å². The van der Waals surface area contributed by atoms with E-state index in [1.165, 1.54) is 31.1 Å². The van der Waals surface area contributed by atoms with Gasteiger partial charge in [-0.15, -0.1) is 0 Å². The van der Waals surface area contributed by atoms with Crippen molar-refractivity contribution in [2.24, 2.45) is 5.41 Å². The van der Waals surface area contributed by atoms with E-state index in [4.69, 9.17) is 4.42 Å². The summed E-state index contributed by atoms with van der Waals surface area (Å²) in [6.45, 7) is 3.71. The molecule has 1 aromatic heterocycles. The minimum Gasteiger partial charge on any atom is -0.469 e. The van der Waals surface area contributed by atoms with Crippen LogP contribution in [0.15, 0.2) is 16.7 Å². The van der Waals surface area contributed by atoms with Crippen LogP contribution >= 0.6 is 0 Å². The molecule has 0 saturated heterocycles. The van der Waals surface area contributed by atoms with Crippen LogP contribution in [0.5, 0.6) is 0 Å².